The highest BCUT2D eigenvalue weighted by atomic mass is 32.2. The minimum absolute atomic E-state index is 0.0193. The van der Waals surface area contributed by atoms with Crippen LogP contribution in [-0.4, -0.2) is 30.7 Å². The number of rotatable bonds is 3. The van der Waals surface area contributed by atoms with Gasteiger partial charge in [0, 0.05) is 25.2 Å². The fourth-order valence-corrected chi connectivity index (χ4v) is 2.57. The van der Waals surface area contributed by atoms with Gasteiger partial charge in [0.15, 0.2) is 0 Å². The lowest BCUT2D eigenvalue weighted by molar-refractivity contribution is -0.385. The van der Waals surface area contributed by atoms with Crippen LogP contribution < -0.4 is 0 Å². The summed E-state index contributed by atoms with van der Waals surface area (Å²) in [5, 5.41) is 10.5. The Bertz CT molecular complexity index is 507. The van der Waals surface area contributed by atoms with Gasteiger partial charge in [-0.15, -0.1) is 0 Å². The van der Waals surface area contributed by atoms with Gasteiger partial charge in [-0.3, -0.25) is 10.1 Å². The predicted octanol–water partition coefficient (Wildman–Crippen LogP) is 0.599. The molecule has 1 aliphatic heterocycles. The summed E-state index contributed by atoms with van der Waals surface area (Å²) >= 11 is 0. The molecule has 0 spiro atoms. The third-order valence-electron chi connectivity index (χ3n) is 2.07. The second kappa shape index (κ2) is 3.28. The van der Waals surface area contributed by atoms with Crippen molar-refractivity contribution in [3.63, 3.8) is 0 Å². The standard InChI is InChI=1S/C8H8N2O4S/c11-10(12)7-2-1-3-8(6-7)15(13,14)9-4-5-9/h1-3,6H,4-5H2. The molecule has 15 heavy (non-hydrogen) atoms. The third-order valence-corrected chi connectivity index (χ3v) is 3.97. The first-order valence-corrected chi connectivity index (χ1v) is 5.70. The molecule has 2 rings (SSSR count). The maximum atomic E-state index is 11.7. The summed E-state index contributed by atoms with van der Waals surface area (Å²) in [6, 6.07) is 5.07. The number of sulfonamides is 1. The van der Waals surface area contributed by atoms with Crippen molar-refractivity contribution in [3.8, 4) is 0 Å². The third kappa shape index (κ3) is 1.83. The predicted molar refractivity (Wildman–Crippen MR) is 51.9 cm³/mol. The summed E-state index contributed by atoms with van der Waals surface area (Å²) in [5.74, 6) is 0. The van der Waals surface area contributed by atoms with E-state index in [1.807, 2.05) is 0 Å². The number of benzene rings is 1. The lowest BCUT2D eigenvalue weighted by Gasteiger charge is -2.02. The number of hydrogen-bond donors (Lipinski definition) is 0. The summed E-state index contributed by atoms with van der Waals surface area (Å²) in [6.45, 7) is 0.982. The average Bonchev–Trinajstić information content (AvgIpc) is 3.01. The molecular formula is C8H8N2O4S. The Labute approximate surface area is 86.3 Å². The van der Waals surface area contributed by atoms with Crippen molar-refractivity contribution in [1.29, 1.82) is 0 Å². The van der Waals surface area contributed by atoms with Gasteiger partial charge in [-0.05, 0) is 6.07 Å². The Kier molecular flexibility index (Phi) is 2.20. The molecule has 0 N–H and O–H groups in total. The van der Waals surface area contributed by atoms with E-state index in [0.717, 1.165) is 6.07 Å². The van der Waals surface area contributed by atoms with Crippen LogP contribution in [0.3, 0.4) is 0 Å². The summed E-state index contributed by atoms with van der Waals surface area (Å²) < 4.78 is 24.6. The number of hydrogen-bond acceptors (Lipinski definition) is 4. The van der Waals surface area contributed by atoms with Crippen molar-refractivity contribution >= 4 is 15.7 Å². The molecule has 1 aromatic carbocycles. The van der Waals surface area contributed by atoms with E-state index in [1.54, 1.807) is 0 Å². The van der Waals surface area contributed by atoms with Crippen LogP contribution in [0, 0.1) is 10.1 Å². The minimum atomic E-state index is -3.49. The van der Waals surface area contributed by atoms with E-state index in [-0.39, 0.29) is 10.6 Å². The molecule has 1 aromatic rings. The van der Waals surface area contributed by atoms with Gasteiger partial charge < -0.3 is 0 Å². The van der Waals surface area contributed by atoms with Crippen molar-refractivity contribution in [1.82, 2.24) is 4.31 Å². The van der Waals surface area contributed by atoms with Crippen LogP contribution in [0.1, 0.15) is 0 Å². The van der Waals surface area contributed by atoms with Gasteiger partial charge in [-0.2, -0.15) is 4.31 Å². The molecule has 0 unspecified atom stereocenters. The second-order valence-corrected chi connectivity index (χ2v) is 5.10. The number of nitro benzene ring substituents is 1. The van der Waals surface area contributed by atoms with E-state index in [4.69, 9.17) is 0 Å². The molecule has 0 radical (unpaired) electrons. The van der Waals surface area contributed by atoms with Gasteiger partial charge in [0.2, 0.25) is 10.0 Å². The van der Waals surface area contributed by atoms with Gasteiger partial charge >= 0.3 is 0 Å². The molecule has 0 amide bonds. The van der Waals surface area contributed by atoms with Gasteiger partial charge in [-0.25, -0.2) is 8.42 Å². The first kappa shape index (κ1) is 10.1. The molecule has 1 heterocycles. The van der Waals surface area contributed by atoms with Crippen LogP contribution in [0.4, 0.5) is 5.69 Å². The number of non-ortho nitro benzene ring substituents is 1. The van der Waals surface area contributed by atoms with Crippen LogP contribution in [0.15, 0.2) is 29.2 Å². The van der Waals surface area contributed by atoms with Crippen LogP contribution in [-0.2, 0) is 10.0 Å². The van der Waals surface area contributed by atoms with Crippen molar-refractivity contribution in [3.05, 3.63) is 34.4 Å². The van der Waals surface area contributed by atoms with E-state index in [2.05, 4.69) is 0 Å². The van der Waals surface area contributed by atoms with Crippen molar-refractivity contribution in [2.75, 3.05) is 13.1 Å². The number of nitro groups is 1. The van der Waals surface area contributed by atoms with Crippen LogP contribution in [0.25, 0.3) is 0 Å². The molecule has 6 nitrogen and oxygen atoms in total. The van der Waals surface area contributed by atoms with Crippen LogP contribution in [0.2, 0.25) is 0 Å². The molecule has 0 aromatic heterocycles. The maximum absolute atomic E-state index is 11.7. The molecule has 0 saturated carbocycles. The maximum Gasteiger partial charge on any atom is 0.270 e. The highest BCUT2D eigenvalue weighted by Gasteiger charge is 2.33. The summed E-state index contributed by atoms with van der Waals surface area (Å²) in [5.41, 5.74) is -0.210. The summed E-state index contributed by atoms with van der Waals surface area (Å²) in [6.07, 6.45) is 0. The van der Waals surface area contributed by atoms with Crippen molar-refractivity contribution in [2.24, 2.45) is 0 Å². The molecule has 1 fully saturated rings. The van der Waals surface area contributed by atoms with E-state index >= 15 is 0 Å². The van der Waals surface area contributed by atoms with Crippen molar-refractivity contribution < 1.29 is 13.3 Å². The van der Waals surface area contributed by atoms with Gasteiger partial charge in [0.05, 0.1) is 9.82 Å². The Balaban J connectivity index is 2.45. The lowest BCUT2D eigenvalue weighted by Crippen LogP contribution is -2.11. The topological polar surface area (TPSA) is 80.3 Å². The fraction of sp³-hybridized carbons (Fsp3) is 0.250. The van der Waals surface area contributed by atoms with E-state index in [1.165, 1.54) is 22.5 Å². The largest absolute Gasteiger partial charge is 0.270 e. The minimum Gasteiger partial charge on any atom is -0.258 e. The van der Waals surface area contributed by atoms with Gasteiger partial charge in [-0.1, -0.05) is 6.07 Å². The zero-order valence-electron chi connectivity index (χ0n) is 7.66. The fourth-order valence-electron chi connectivity index (χ4n) is 1.19. The molecule has 7 heteroatoms. The zero-order chi connectivity index (χ0) is 11.1. The Morgan fingerprint density at radius 3 is 2.53 bits per heavy atom. The van der Waals surface area contributed by atoms with Gasteiger partial charge in [0.1, 0.15) is 0 Å². The smallest absolute Gasteiger partial charge is 0.258 e. The normalized spacial score (nSPS) is 16.3. The molecule has 1 saturated heterocycles. The molecule has 0 bridgehead atoms. The molecule has 80 valence electrons. The molecule has 1 aliphatic rings. The second-order valence-electron chi connectivity index (χ2n) is 3.16. The van der Waals surface area contributed by atoms with E-state index < -0.39 is 14.9 Å². The van der Waals surface area contributed by atoms with Gasteiger partial charge in [0.25, 0.3) is 5.69 Å². The zero-order valence-corrected chi connectivity index (χ0v) is 8.48. The molecule has 0 aliphatic carbocycles. The van der Waals surface area contributed by atoms with Crippen LogP contribution in [0.5, 0.6) is 0 Å². The Hall–Kier alpha value is -1.47. The van der Waals surface area contributed by atoms with Crippen molar-refractivity contribution in [2.45, 2.75) is 4.90 Å². The first-order valence-electron chi connectivity index (χ1n) is 4.26. The Morgan fingerprint density at radius 1 is 1.33 bits per heavy atom. The monoisotopic (exact) mass is 228 g/mol. The SMILES string of the molecule is O=[N+]([O-])c1cccc(S(=O)(=O)N2CC2)c1. The summed E-state index contributed by atoms with van der Waals surface area (Å²) in [4.78, 5) is 9.83. The lowest BCUT2D eigenvalue weighted by atomic mass is 10.3. The molecule has 0 atom stereocenters. The molecular weight excluding hydrogens is 220 g/mol. The first-order chi connectivity index (χ1) is 7.01. The Morgan fingerprint density at radius 2 is 2.00 bits per heavy atom. The quantitative estimate of drug-likeness (QED) is 0.431. The van der Waals surface area contributed by atoms with E-state index in [9.17, 15) is 18.5 Å². The highest BCUT2D eigenvalue weighted by molar-refractivity contribution is 7.89. The average molecular weight is 228 g/mol. The highest BCUT2D eigenvalue weighted by Crippen LogP contribution is 2.24. The number of nitrogens with zero attached hydrogens (tertiary/aromatic N) is 2. The van der Waals surface area contributed by atoms with E-state index in [0.29, 0.717) is 13.1 Å². The van der Waals surface area contributed by atoms with Crippen LogP contribution >= 0.6 is 0 Å². The summed E-state index contributed by atoms with van der Waals surface area (Å²) in [7, 11) is -3.49.